The van der Waals surface area contributed by atoms with Crippen molar-refractivity contribution < 1.29 is 17.9 Å². The van der Waals surface area contributed by atoms with Crippen molar-refractivity contribution in [3.8, 4) is 0 Å². The Bertz CT molecular complexity index is 360. The maximum atomic E-state index is 11.9. The van der Waals surface area contributed by atoms with Crippen molar-refractivity contribution in [2.75, 3.05) is 26.0 Å². The van der Waals surface area contributed by atoms with Crippen LogP contribution in [-0.4, -0.2) is 51.1 Å². The van der Waals surface area contributed by atoms with Crippen molar-refractivity contribution in [1.29, 1.82) is 0 Å². The molecule has 7 heteroatoms. The van der Waals surface area contributed by atoms with E-state index in [1.165, 1.54) is 6.92 Å². The Kier molecular flexibility index (Phi) is 6.80. The Morgan fingerprint density at radius 3 is 2.44 bits per heavy atom. The second-order valence-electron chi connectivity index (χ2n) is 5.08. The van der Waals surface area contributed by atoms with Gasteiger partial charge in [0.1, 0.15) is 5.25 Å². The lowest BCUT2D eigenvalue weighted by molar-refractivity contribution is -0.120. The van der Waals surface area contributed by atoms with Gasteiger partial charge in [-0.3, -0.25) is 4.79 Å². The number of nitrogens with two attached hydrogens (primary N) is 1. The molecule has 1 unspecified atom stereocenters. The zero-order valence-electron chi connectivity index (χ0n) is 11.5. The summed E-state index contributed by atoms with van der Waals surface area (Å²) in [5.41, 5.74) is 4.83. The molecule has 18 heavy (non-hydrogen) atoms. The number of ether oxygens (including phenoxy) is 1. The first kappa shape index (κ1) is 17.3. The van der Waals surface area contributed by atoms with Crippen LogP contribution in [0.25, 0.3) is 0 Å². The fourth-order valence-electron chi connectivity index (χ4n) is 1.38. The molecule has 6 nitrogen and oxygen atoms in total. The maximum Gasteiger partial charge on any atom is 0.238 e. The number of sulfone groups is 1. The van der Waals surface area contributed by atoms with E-state index in [9.17, 15) is 13.2 Å². The summed E-state index contributed by atoms with van der Waals surface area (Å²) >= 11 is 0. The van der Waals surface area contributed by atoms with E-state index in [4.69, 9.17) is 10.5 Å². The van der Waals surface area contributed by atoms with Gasteiger partial charge >= 0.3 is 0 Å². The van der Waals surface area contributed by atoms with Gasteiger partial charge < -0.3 is 15.8 Å². The number of carbonyl (C=O) groups is 1. The van der Waals surface area contributed by atoms with Crippen LogP contribution in [0.15, 0.2) is 0 Å². The van der Waals surface area contributed by atoms with E-state index in [2.05, 4.69) is 5.32 Å². The molecule has 108 valence electrons. The monoisotopic (exact) mass is 280 g/mol. The summed E-state index contributed by atoms with van der Waals surface area (Å²) in [5, 5.41) is 1.49. The van der Waals surface area contributed by atoms with Gasteiger partial charge in [-0.15, -0.1) is 0 Å². The minimum atomic E-state index is -3.53. The fraction of sp³-hybridized carbons (Fsp3) is 0.909. The highest BCUT2D eigenvalue weighted by Gasteiger charge is 2.31. The van der Waals surface area contributed by atoms with Crippen LogP contribution < -0.4 is 11.1 Å². The Morgan fingerprint density at radius 1 is 1.44 bits per heavy atom. The molecular formula is C11H24N2O4S. The van der Waals surface area contributed by atoms with E-state index < -0.39 is 26.5 Å². The van der Waals surface area contributed by atoms with Gasteiger partial charge in [-0.2, -0.15) is 0 Å². The van der Waals surface area contributed by atoms with Crippen LogP contribution in [0, 0.1) is 0 Å². The molecule has 0 rings (SSSR count). The van der Waals surface area contributed by atoms with E-state index in [0.29, 0.717) is 19.6 Å². The van der Waals surface area contributed by atoms with Crippen LogP contribution in [0.2, 0.25) is 0 Å². The average molecular weight is 280 g/mol. The molecular weight excluding hydrogens is 256 g/mol. The van der Waals surface area contributed by atoms with E-state index in [-0.39, 0.29) is 5.75 Å². The SMILES string of the molecule is COCCCNC(=O)C(C)S(=O)(=O)CC(C)(C)N. The molecule has 0 saturated carbocycles. The van der Waals surface area contributed by atoms with Gasteiger partial charge in [0, 0.05) is 25.8 Å². The molecule has 0 aromatic carbocycles. The average Bonchev–Trinajstić information content (AvgIpc) is 2.19. The minimum Gasteiger partial charge on any atom is -0.385 e. The molecule has 3 N–H and O–H groups in total. The molecule has 0 spiro atoms. The fourth-order valence-corrected chi connectivity index (χ4v) is 3.07. The van der Waals surface area contributed by atoms with Crippen molar-refractivity contribution in [3.63, 3.8) is 0 Å². The zero-order valence-corrected chi connectivity index (χ0v) is 12.3. The van der Waals surface area contributed by atoms with Crippen molar-refractivity contribution >= 4 is 15.7 Å². The minimum absolute atomic E-state index is 0.216. The van der Waals surface area contributed by atoms with Crippen LogP contribution in [0.5, 0.6) is 0 Å². The van der Waals surface area contributed by atoms with Gasteiger partial charge in [-0.25, -0.2) is 8.42 Å². The van der Waals surface area contributed by atoms with E-state index in [0.717, 1.165) is 0 Å². The number of amides is 1. The second kappa shape index (κ2) is 7.06. The summed E-state index contributed by atoms with van der Waals surface area (Å²) in [4.78, 5) is 11.7. The van der Waals surface area contributed by atoms with Gasteiger partial charge in [-0.1, -0.05) is 0 Å². The topological polar surface area (TPSA) is 98.5 Å². The molecule has 0 heterocycles. The summed E-state index contributed by atoms with van der Waals surface area (Å²) in [6, 6.07) is 0. The Labute approximate surface area is 109 Å². The first-order valence-electron chi connectivity index (χ1n) is 5.87. The molecule has 0 fully saturated rings. The van der Waals surface area contributed by atoms with Crippen molar-refractivity contribution in [2.24, 2.45) is 5.73 Å². The highest BCUT2D eigenvalue weighted by molar-refractivity contribution is 7.92. The summed E-state index contributed by atoms with van der Waals surface area (Å²) in [7, 11) is -1.96. The summed E-state index contributed by atoms with van der Waals surface area (Å²) < 4.78 is 28.7. The standard InChI is InChI=1S/C11H24N2O4S/c1-9(10(14)13-6-5-7-17-4)18(15,16)8-11(2,3)12/h9H,5-8,12H2,1-4H3,(H,13,14). The van der Waals surface area contributed by atoms with Crippen LogP contribution in [0.1, 0.15) is 27.2 Å². The molecule has 0 bridgehead atoms. The number of methoxy groups -OCH3 is 1. The largest absolute Gasteiger partial charge is 0.385 e. The normalized spacial score (nSPS) is 14.3. The first-order valence-corrected chi connectivity index (χ1v) is 7.59. The van der Waals surface area contributed by atoms with Gasteiger partial charge in [-0.05, 0) is 27.2 Å². The first-order chi connectivity index (χ1) is 8.10. The Morgan fingerprint density at radius 2 is 2.00 bits per heavy atom. The summed E-state index contributed by atoms with van der Waals surface area (Å²) in [5.74, 6) is -0.706. The lowest BCUT2D eigenvalue weighted by atomic mass is 10.1. The van der Waals surface area contributed by atoms with E-state index in [1.807, 2.05) is 0 Å². The molecule has 0 aliphatic carbocycles. The quantitative estimate of drug-likeness (QED) is 0.594. The van der Waals surface area contributed by atoms with E-state index >= 15 is 0 Å². The predicted octanol–water partition coefficient (Wildman–Crippen LogP) is -0.320. The van der Waals surface area contributed by atoms with Crippen LogP contribution in [0.4, 0.5) is 0 Å². The third-order valence-corrected chi connectivity index (χ3v) is 4.74. The third kappa shape index (κ3) is 6.93. The van der Waals surface area contributed by atoms with Crippen molar-refractivity contribution in [3.05, 3.63) is 0 Å². The molecule has 0 aromatic rings. The number of rotatable bonds is 8. The number of hydrogen-bond acceptors (Lipinski definition) is 5. The third-order valence-electron chi connectivity index (χ3n) is 2.31. The van der Waals surface area contributed by atoms with Crippen molar-refractivity contribution in [1.82, 2.24) is 5.32 Å². The lowest BCUT2D eigenvalue weighted by Crippen LogP contribution is -2.46. The van der Waals surface area contributed by atoms with Crippen molar-refractivity contribution in [2.45, 2.75) is 38.0 Å². The van der Waals surface area contributed by atoms with Crippen LogP contribution in [-0.2, 0) is 19.4 Å². The summed E-state index contributed by atoms with van der Waals surface area (Å²) in [6.45, 7) is 5.55. The van der Waals surface area contributed by atoms with Gasteiger partial charge in [0.2, 0.25) is 5.91 Å². The molecule has 0 aliphatic heterocycles. The molecule has 0 saturated heterocycles. The van der Waals surface area contributed by atoms with Gasteiger partial charge in [0.25, 0.3) is 0 Å². The Hall–Kier alpha value is -0.660. The highest BCUT2D eigenvalue weighted by atomic mass is 32.2. The van der Waals surface area contributed by atoms with E-state index in [1.54, 1.807) is 21.0 Å². The molecule has 0 aliphatic rings. The Balaban J connectivity index is 4.36. The number of carbonyl (C=O) groups excluding carboxylic acids is 1. The zero-order chi connectivity index (χ0) is 14.4. The molecule has 0 aromatic heterocycles. The molecule has 1 amide bonds. The number of hydrogen-bond donors (Lipinski definition) is 2. The molecule has 1 atom stereocenters. The van der Waals surface area contributed by atoms with Gasteiger partial charge in [0.05, 0.1) is 5.75 Å². The lowest BCUT2D eigenvalue weighted by Gasteiger charge is -2.21. The molecule has 0 radical (unpaired) electrons. The van der Waals surface area contributed by atoms with Crippen LogP contribution in [0.3, 0.4) is 0 Å². The predicted molar refractivity (Wildman–Crippen MR) is 71.0 cm³/mol. The maximum absolute atomic E-state index is 11.9. The van der Waals surface area contributed by atoms with Gasteiger partial charge in [0.15, 0.2) is 9.84 Å². The smallest absolute Gasteiger partial charge is 0.238 e. The highest BCUT2D eigenvalue weighted by Crippen LogP contribution is 2.09. The second-order valence-corrected chi connectivity index (χ2v) is 7.40. The van der Waals surface area contributed by atoms with Crippen LogP contribution >= 0.6 is 0 Å². The number of nitrogens with one attached hydrogen (secondary N) is 1. The summed E-state index contributed by atoms with van der Waals surface area (Å²) in [6.07, 6.45) is 0.650.